The van der Waals surface area contributed by atoms with Gasteiger partial charge in [-0.1, -0.05) is 19.9 Å². The van der Waals surface area contributed by atoms with E-state index in [1.54, 1.807) is 11.3 Å². The van der Waals surface area contributed by atoms with E-state index in [1.807, 2.05) is 0 Å². The number of rotatable bonds is 3. The number of likely N-dealkylation sites (tertiary alicyclic amines) is 1. The molecule has 1 aromatic rings. The molecule has 0 aromatic carbocycles. The molecule has 4 nitrogen and oxygen atoms in total. The number of carbonyl (C=O) groups excluding carboxylic acids is 1. The minimum atomic E-state index is -0.253. The fourth-order valence-electron chi connectivity index (χ4n) is 4.10. The second-order valence-electron chi connectivity index (χ2n) is 7.46. The Balaban J connectivity index is 1.45. The summed E-state index contributed by atoms with van der Waals surface area (Å²) in [4.78, 5) is 18.9. The van der Waals surface area contributed by atoms with Gasteiger partial charge in [-0.3, -0.25) is 9.69 Å². The fraction of sp³-hybridized carbons (Fsp3) is 0.706. The zero-order valence-electron chi connectivity index (χ0n) is 13.4. The minimum absolute atomic E-state index is 0.0962. The van der Waals surface area contributed by atoms with Crippen molar-refractivity contribution in [1.29, 1.82) is 0 Å². The van der Waals surface area contributed by atoms with E-state index >= 15 is 0 Å². The Morgan fingerprint density at radius 3 is 2.55 bits per heavy atom. The number of thiophene rings is 1. The molecular formula is C17H24N2O2S. The molecule has 0 spiro atoms. The van der Waals surface area contributed by atoms with Gasteiger partial charge < -0.3 is 9.64 Å². The molecule has 4 rings (SSSR count). The van der Waals surface area contributed by atoms with Crippen LogP contribution in [0.3, 0.4) is 0 Å². The lowest BCUT2D eigenvalue weighted by Crippen LogP contribution is -2.64. The molecule has 2 saturated heterocycles. The van der Waals surface area contributed by atoms with E-state index in [0.29, 0.717) is 11.9 Å². The molecule has 3 heterocycles. The van der Waals surface area contributed by atoms with Gasteiger partial charge in [0.15, 0.2) is 0 Å². The molecule has 1 unspecified atom stereocenters. The van der Waals surface area contributed by atoms with Crippen molar-refractivity contribution in [3.63, 3.8) is 0 Å². The first-order valence-corrected chi connectivity index (χ1v) is 9.08. The highest BCUT2D eigenvalue weighted by Gasteiger charge is 2.69. The lowest BCUT2D eigenvalue weighted by Gasteiger charge is -2.47. The Kier molecular flexibility index (Phi) is 3.36. The zero-order valence-corrected chi connectivity index (χ0v) is 14.2. The molecule has 1 aromatic heterocycles. The molecule has 5 heteroatoms. The van der Waals surface area contributed by atoms with Crippen LogP contribution in [0.15, 0.2) is 17.5 Å². The van der Waals surface area contributed by atoms with Crippen LogP contribution in [0, 0.1) is 5.41 Å². The summed E-state index contributed by atoms with van der Waals surface area (Å²) in [6.45, 7) is 9.91. The largest absolute Gasteiger partial charge is 0.379 e. The van der Waals surface area contributed by atoms with Crippen LogP contribution in [0.25, 0.3) is 0 Å². The Hall–Kier alpha value is -0.910. The summed E-state index contributed by atoms with van der Waals surface area (Å²) >= 11 is 1.73. The first kappa shape index (κ1) is 14.7. The Labute approximate surface area is 136 Å². The molecule has 0 radical (unpaired) electrons. The molecule has 1 amide bonds. The number of hydrogen-bond acceptors (Lipinski definition) is 4. The predicted octanol–water partition coefficient (Wildman–Crippen LogP) is 1.96. The van der Waals surface area contributed by atoms with Crippen LogP contribution < -0.4 is 0 Å². The summed E-state index contributed by atoms with van der Waals surface area (Å²) < 4.78 is 5.41. The van der Waals surface area contributed by atoms with Gasteiger partial charge in [0.05, 0.1) is 18.6 Å². The molecule has 0 N–H and O–H groups in total. The van der Waals surface area contributed by atoms with Crippen molar-refractivity contribution in [2.75, 3.05) is 39.4 Å². The van der Waals surface area contributed by atoms with E-state index in [-0.39, 0.29) is 10.8 Å². The van der Waals surface area contributed by atoms with Crippen molar-refractivity contribution in [3.05, 3.63) is 22.4 Å². The Bertz CT molecular complexity index is 559. The van der Waals surface area contributed by atoms with Crippen LogP contribution in [-0.4, -0.2) is 61.1 Å². The van der Waals surface area contributed by atoms with E-state index in [9.17, 15) is 4.79 Å². The van der Waals surface area contributed by atoms with Crippen molar-refractivity contribution in [2.45, 2.75) is 31.7 Å². The van der Waals surface area contributed by atoms with Gasteiger partial charge in [-0.25, -0.2) is 0 Å². The maximum Gasteiger partial charge on any atom is 0.234 e. The highest BCUT2D eigenvalue weighted by atomic mass is 32.1. The summed E-state index contributed by atoms with van der Waals surface area (Å²) in [5.41, 5.74) is -0.157. The number of nitrogens with zero attached hydrogens (tertiary/aromatic N) is 2. The maximum absolute atomic E-state index is 13.1. The number of amides is 1. The van der Waals surface area contributed by atoms with E-state index < -0.39 is 0 Å². The Morgan fingerprint density at radius 1 is 1.32 bits per heavy atom. The van der Waals surface area contributed by atoms with E-state index in [1.165, 1.54) is 4.88 Å². The lowest BCUT2D eigenvalue weighted by molar-refractivity contribution is -0.143. The molecule has 0 bridgehead atoms. The van der Waals surface area contributed by atoms with Crippen LogP contribution in [0.2, 0.25) is 0 Å². The van der Waals surface area contributed by atoms with Gasteiger partial charge in [0.25, 0.3) is 0 Å². The summed E-state index contributed by atoms with van der Waals surface area (Å²) in [5.74, 6) is 0.351. The summed E-state index contributed by atoms with van der Waals surface area (Å²) in [6, 6.07) is 4.74. The topological polar surface area (TPSA) is 32.8 Å². The Morgan fingerprint density at radius 2 is 2.00 bits per heavy atom. The number of ether oxygens (including phenoxy) is 1. The van der Waals surface area contributed by atoms with Crippen LogP contribution in [0.1, 0.15) is 25.1 Å². The van der Waals surface area contributed by atoms with Crippen molar-refractivity contribution in [1.82, 2.24) is 9.80 Å². The number of hydrogen-bond donors (Lipinski definition) is 0. The lowest BCUT2D eigenvalue weighted by atomic mass is 9.90. The monoisotopic (exact) mass is 320 g/mol. The van der Waals surface area contributed by atoms with E-state index in [2.05, 4.69) is 41.2 Å². The summed E-state index contributed by atoms with van der Waals surface area (Å²) in [5, 5.41) is 2.09. The third kappa shape index (κ3) is 2.06. The fourth-order valence-corrected chi connectivity index (χ4v) is 5.19. The maximum atomic E-state index is 13.1. The van der Waals surface area contributed by atoms with E-state index in [4.69, 9.17) is 4.74 Å². The molecule has 22 heavy (non-hydrogen) atoms. The van der Waals surface area contributed by atoms with Gasteiger partial charge in [-0.2, -0.15) is 0 Å². The molecule has 120 valence electrons. The SMILES string of the molecule is CC1(C)CC1(C(=O)N1CC(N2CCOCC2)C1)c1cccs1. The van der Waals surface area contributed by atoms with Crippen LogP contribution in [0.4, 0.5) is 0 Å². The zero-order chi connectivity index (χ0) is 15.4. The molecular weight excluding hydrogens is 296 g/mol. The van der Waals surface area contributed by atoms with Crippen LogP contribution >= 0.6 is 11.3 Å². The van der Waals surface area contributed by atoms with Gasteiger partial charge in [0, 0.05) is 37.1 Å². The average Bonchev–Trinajstić information content (AvgIpc) is 2.85. The normalized spacial score (nSPS) is 31.8. The standard InChI is InChI=1S/C17H24N2O2S/c1-16(2)12-17(16,14-4-3-9-22-14)15(20)19-10-13(11-19)18-5-7-21-8-6-18/h3-4,9,13H,5-8,10-12H2,1-2H3. The third-order valence-corrected chi connectivity index (χ3v) is 6.79. The van der Waals surface area contributed by atoms with Crippen LogP contribution in [0.5, 0.6) is 0 Å². The number of morpholine rings is 1. The first-order valence-electron chi connectivity index (χ1n) is 8.20. The smallest absolute Gasteiger partial charge is 0.234 e. The second-order valence-corrected chi connectivity index (χ2v) is 8.40. The second kappa shape index (κ2) is 5.05. The molecule has 3 aliphatic rings. The molecule has 2 aliphatic heterocycles. The van der Waals surface area contributed by atoms with Crippen molar-refractivity contribution < 1.29 is 9.53 Å². The quantitative estimate of drug-likeness (QED) is 0.853. The van der Waals surface area contributed by atoms with Gasteiger partial charge >= 0.3 is 0 Å². The van der Waals surface area contributed by atoms with Crippen LogP contribution in [-0.2, 0) is 14.9 Å². The molecule has 1 aliphatic carbocycles. The number of carbonyl (C=O) groups is 1. The van der Waals surface area contributed by atoms with Crippen molar-refractivity contribution in [2.24, 2.45) is 5.41 Å². The average molecular weight is 320 g/mol. The van der Waals surface area contributed by atoms with Crippen molar-refractivity contribution >= 4 is 17.2 Å². The van der Waals surface area contributed by atoms with Gasteiger partial charge in [0.2, 0.25) is 5.91 Å². The minimum Gasteiger partial charge on any atom is -0.379 e. The summed E-state index contributed by atoms with van der Waals surface area (Å²) in [6.07, 6.45) is 0.984. The predicted molar refractivity (Wildman–Crippen MR) is 87.2 cm³/mol. The van der Waals surface area contributed by atoms with Gasteiger partial charge in [0.1, 0.15) is 0 Å². The highest BCUT2D eigenvalue weighted by molar-refractivity contribution is 7.10. The van der Waals surface area contributed by atoms with Gasteiger partial charge in [-0.05, 0) is 23.3 Å². The molecule has 1 saturated carbocycles. The molecule has 1 atom stereocenters. The first-order chi connectivity index (χ1) is 10.5. The third-order valence-electron chi connectivity index (χ3n) is 5.76. The van der Waals surface area contributed by atoms with E-state index in [0.717, 1.165) is 45.8 Å². The van der Waals surface area contributed by atoms with Crippen molar-refractivity contribution in [3.8, 4) is 0 Å². The van der Waals surface area contributed by atoms with Gasteiger partial charge in [-0.15, -0.1) is 11.3 Å². The summed E-state index contributed by atoms with van der Waals surface area (Å²) in [7, 11) is 0. The highest BCUT2D eigenvalue weighted by Crippen LogP contribution is 2.66. The molecule has 3 fully saturated rings.